The van der Waals surface area contributed by atoms with Gasteiger partial charge in [0.2, 0.25) is 0 Å². The minimum atomic E-state index is -0.111. The Morgan fingerprint density at radius 2 is 2.15 bits per heavy atom. The molecule has 0 atom stereocenters. The van der Waals surface area contributed by atoms with Gasteiger partial charge in [0, 0.05) is 36.5 Å². The van der Waals surface area contributed by atoms with Crippen molar-refractivity contribution < 1.29 is 9.21 Å². The second-order valence-electron chi connectivity index (χ2n) is 5.24. The fraction of sp³-hybridized carbons (Fsp3) is 0.400. The topological polar surface area (TPSA) is 54.3 Å². The highest BCUT2D eigenvalue weighted by Crippen LogP contribution is 2.27. The largest absolute Gasteiger partial charge is 0.450 e. The molecular weight excluding hydrogens is 276 g/mol. The second-order valence-corrected chi connectivity index (χ2v) is 5.24. The zero-order valence-electron chi connectivity index (χ0n) is 11.7. The molecule has 4 nitrogen and oxygen atoms in total. The van der Waals surface area contributed by atoms with Gasteiger partial charge in [0.15, 0.2) is 5.76 Å². The number of aryl methyl sites for hydroxylation is 2. The maximum atomic E-state index is 12.2. The lowest BCUT2D eigenvalue weighted by molar-refractivity contribution is 0.0915. The Morgan fingerprint density at radius 3 is 2.75 bits per heavy atom. The molecule has 1 amide bonds. The molecule has 1 aliphatic heterocycles. The molecule has 0 radical (unpaired) electrons. The molecule has 1 aromatic carbocycles. The van der Waals surface area contributed by atoms with Gasteiger partial charge in [-0.1, -0.05) is 18.2 Å². The minimum Gasteiger partial charge on any atom is -0.450 e. The van der Waals surface area contributed by atoms with Crippen LogP contribution in [0.25, 0.3) is 11.0 Å². The van der Waals surface area contributed by atoms with Crippen LogP contribution in [-0.4, -0.2) is 25.5 Å². The summed E-state index contributed by atoms with van der Waals surface area (Å²) in [6.07, 6.45) is 0. The maximum Gasteiger partial charge on any atom is 0.287 e. The van der Waals surface area contributed by atoms with Crippen LogP contribution in [0.4, 0.5) is 0 Å². The molecule has 0 saturated carbocycles. The van der Waals surface area contributed by atoms with Gasteiger partial charge in [-0.15, -0.1) is 12.4 Å². The molecule has 5 heteroatoms. The summed E-state index contributed by atoms with van der Waals surface area (Å²) in [5.41, 5.74) is 2.79. The van der Waals surface area contributed by atoms with E-state index in [1.807, 2.05) is 32.0 Å². The van der Waals surface area contributed by atoms with Gasteiger partial charge in [0.05, 0.1) is 0 Å². The lowest BCUT2D eigenvalue weighted by atomic mass is 10.0. The van der Waals surface area contributed by atoms with Crippen molar-refractivity contribution in [2.45, 2.75) is 13.8 Å². The summed E-state index contributed by atoms with van der Waals surface area (Å²) >= 11 is 0. The van der Waals surface area contributed by atoms with Gasteiger partial charge in [-0.3, -0.25) is 4.79 Å². The van der Waals surface area contributed by atoms with Crippen LogP contribution < -0.4 is 10.6 Å². The molecule has 2 aromatic rings. The van der Waals surface area contributed by atoms with Crippen LogP contribution in [0.1, 0.15) is 21.7 Å². The molecule has 0 unspecified atom stereocenters. The van der Waals surface area contributed by atoms with E-state index < -0.39 is 0 Å². The molecule has 0 spiro atoms. The number of fused-ring (bicyclic) bond motifs is 1. The first-order valence-electron chi connectivity index (χ1n) is 6.64. The smallest absolute Gasteiger partial charge is 0.287 e. The first kappa shape index (κ1) is 14.9. The number of rotatable bonds is 3. The lowest BCUT2D eigenvalue weighted by Gasteiger charge is -2.26. The van der Waals surface area contributed by atoms with Crippen molar-refractivity contribution in [2.75, 3.05) is 19.6 Å². The SMILES string of the molecule is Cc1c(C(=O)NCC2CNC2)oc2c(C)cccc12.Cl. The summed E-state index contributed by atoms with van der Waals surface area (Å²) in [5, 5.41) is 7.16. The highest BCUT2D eigenvalue weighted by Gasteiger charge is 2.21. The Hall–Kier alpha value is -1.52. The van der Waals surface area contributed by atoms with E-state index in [4.69, 9.17) is 4.42 Å². The van der Waals surface area contributed by atoms with E-state index in [0.29, 0.717) is 18.2 Å². The van der Waals surface area contributed by atoms with Gasteiger partial charge < -0.3 is 15.1 Å². The van der Waals surface area contributed by atoms with Gasteiger partial charge in [-0.05, 0) is 19.4 Å². The summed E-state index contributed by atoms with van der Waals surface area (Å²) in [6.45, 7) is 6.61. The lowest BCUT2D eigenvalue weighted by Crippen LogP contribution is -2.48. The highest BCUT2D eigenvalue weighted by molar-refractivity contribution is 5.99. The zero-order chi connectivity index (χ0) is 13.4. The monoisotopic (exact) mass is 294 g/mol. The van der Waals surface area contributed by atoms with Gasteiger partial charge in [0.25, 0.3) is 5.91 Å². The molecule has 1 aliphatic rings. The molecule has 1 aromatic heterocycles. The Kier molecular flexibility index (Phi) is 4.35. The van der Waals surface area contributed by atoms with Gasteiger partial charge >= 0.3 is 0 Å². The maximum absolute atomic E-state index is 12.2. The van der Waals surface area contributed by atoms with Crippen molar-refractivity contribution in [3.8, 4) is 0 Å². The number of carbonyl (C=O) groups excluding carboxylic acids is 1. The third-order valence-electron chi connectivity index (χ3n) is 3.78. The van der Waals surface area contributed by atoms with Crippen LogP contribution in [0.2, 0.25) is 0 Å². The number of amides is 1. The highest BCUT2D eigenvalue weighted by atomic mass is 35.5. The van der Waals surface area contributed by atoms with E-state index in [0.717, 1.165) is 35.2 Å². The standard InChI is InChI=1S/C15H18N2O2.ClH/c1-9-4-3-5-12-10(2)14(19-13(9)12)15(18)17-8-11-6-16-7-11;/h3-5,11,16H,6-8H2,1-2H3,(H,17,18);1H. The number of halogens is 1. The van der Waals surface area contributed by atoms with Gasteiger partial charge in [-0.2, -0.15) is 0 Å². The predicted octanol–water partition coefficient (Wildman–Crippen LogP) is 2.42. The fourth-order valence-corrected chi connectivity index (χ4v) is 2.41. The summed E-state index contributed by atoms with van der Waals surface area (Å²) in [6, 6.07) is 5.97. The van der Waals surface area contributed by atoms with Crippen LogP contribution in [0, 0.1) is 19.8 Å². The normalized spacial score (nSPS) is 14.7. The first-order valence-corrected chi connectivity index (χ1v) is 6.64. The predicted molar refractivity (Wildman–Crippen MR) is 81.6 cm³/mol. The van der Waals surface area contributed by atoms with Gasteiger partial charge in [-0.25, -0.2) is 0 Å². The van der Waals surface area contributed by atoms with Crippen LogP contribution in [0.5, 0.6) is 0 Å². The number of para-hydroxylation sites is 1. The van der Waals surface area contributed by atoms with E-state index in [-0.39, 0.29) is 18.3 Å². The minimum absolute atomic E-state index is 0. The molecule has 3 rings (SSSR count). The van der Waals surface area contributed by atoms with Crippen molar-refractivity contribution in [3.63, 3.8) is 0 Å². The number of benzene rings is 1. The number of hydrogen-bond acceptors (Lipinski definition) is 3. The number of hydrogen-bond donors (Lipinski definition) is 2. The van der Waals surface area contributed by atoms with Crippen molar-refractivity contribution in [1.29, 1.82) is 0 Å². The van der Waals surface area contributed by atoms with Crippen LogP contribution in [0.3, 0.4) is 0 Å². The zero-order valence-corrected chi connectivity index (χ0v) is 12.5. The number of carbonyl (C=O) groups is 1. The fourth-order valence-electron chi connectivity index (χ4n) is 2.41. The van der Waals surface area contributed by atoms with Crippen LogP contribution in [-0.2, 0) is 0 Å². The van der Waals surface area contributed by atoms with E-state index in [2.05, 4.69) is 10.6 Å². The van der Waals surface area contributed by atoms with Crippen LogP contribution >= 0.6 is 12.4 Å². The van der Waals surface area contributed by atoms with E-state index in [1.54, 1.807) is 0 Å². The Bertz CT molecular complexity index is 632. The number of furan rings is 1. The molecule has 20 heavy (non-hydrogen) atoms. The third kappa shape index (κ3) is 2.53. The molecule has 108 valence electrons. The van der Waals surface area contributed by atoms with Gasteiger partial charge in [0.1, 0.15) is 5.58 Å². The molecule has 2 N–H and O–H groups in total. The molecular formula is C15H19ClN2O2. The average molecular weight is 295 g/mol. The Morgan fingerprint density at radius 1 is 1.40 bits per heavy atom. The summed E-state index contributed by atoms with van der Waals surface area (Å²) in [4.78, 5) is 12.2. The van der Waals surface area contributed by atoms with Crippen LogP contribution in [0.15, 0.2) is 22.6 Å². The second kappa shape index (κ2) is 5.85. The summed E-state index contributed by atoms with van der Waals surface area (Å²) < 4.78 is 5.75. The third-order valence-corrected chi connectivity index (χ3v) is 3.78. The van der Waals surface area contributed by atoms with Crippen molar-refractivity contribution in [2.24, 2.45) is 5.92 Å². The molecule has 0 bridgehead atoms. The van der Waals surface area contributed by atoms with Crippen molar-refractivity contribution in [3.05, 3.63) is 35.1 Å². The summed E-state index contributed by atoms with van der Waals surface area (Å²) in [5.74, 6) is 0.881. The van der Waals surface area contributed by atoms with Crippen molar-refractivity contribution in [1.82, 2.24) is 10.6 Å². The summed E-state index contributed by atoms with van der Waals surface area (Å²) in [7, 11) is 0. The number of nitrogens with one attached hydrogen (secondary N) is 2. The van der Waals surface area contributed by atoms with Crippen molar-refractivity contribution >= 4 is 29.3 Å². The molecule has 2 heterocycles. The molecule has 0 aliphatic carbocycles. The van der Waals surface area contributed by atoms with E-state index in [1.165, 1.54) is 0 Å². The van der Waals surface area contributed by atoms with E-state index in [9.17, 15) is 4.79 Å². The molecule has 1 saturated heterocycles. The Balaban J connectivity index is 0.00000147. The average Bonchev–Trinajstić information content (AvgIpc) is 2.67. The molecule has 1 fully saturated rings. The quantitative estimate of drug-likeness (QED) is 0.914. The first-order chi connectivity index (χ1) is 9.16. The van der Waals surface area contributed by atoms with E-state index >= 15 is 0 Å². The Labute approximate surface area is 124 Å².